The molecule has 7 rings (SSSR count). The largest absolute Gasteiger partial charge is 0.456 e. The van der Waals surface area contributed by atoms with E-state index in [1.807, 2.05) is 0 Å². The van der Waals surface area contributed by atoms with E-state index in [9.17, 15) is 0 Å². The first kappa shape index (κ1) is 32.5. The van der Waals surface area contributed by atoms with Crippen LogP contribution in [0.4, 0.5) is 22.7 Å². The average Bonchev–Trinajstić information content (AvgIpc) is 3.49. The van der Waals surface area contributed by atoms with E-state index < -0.39 is 0 Å². The Kier molecular flexibility index (Phi) is 8.71. The van der Waals surface area contributed by atoms with Gasteiger partial charge in [-0.15, -0.1) is 0 Å². The Morgan fingerprint density at radius 1 is 0.633 bits per heavy atom. The van der Waals surface area contributed by atoms with Crippen molar-refractivity contribution in [2.45, 2.75) is 73.9 Å². The van der Waals surface area contributed by atoms with Crippen LogP contribution in [-0.2, 0) is 0 Å². The predicted molar refractivity (Wildman–Crippen MR) is 210 cm³/mol. The van der Waals surface area contributed by atoms with Crippen molar-refractivity contribution in [3.05, 3.63) is 160 Å². The molecule has 3 unspecified atom stereocenters. The van der Waals surface area contributed by atoms with Crippen molar-refractivity contribution >= 4 is 39.3 Å². The van der Waals surface area contributed by atoms with Crippen LogP contribution in [0.25, 0.3) is 16.5 Å². The van der Waals surface area contributed by atoms with Gasteiger partial charge in [0.1, 0.15) is 11.3 Å². The van der Waals surface area contributed by atoms with E-state index >= 15 is 0 Å². The molecule has 0 bridgehead atoms. The fourth-order valence-electron chi connectivity index (χ4n) is 7.83. The lowest BCUT2D eigenvalue weighted by Gasteiger charge is -2.42. The van der Waals surface area contributed by atoms with Gasteiger partial charge in [0.25, 0.3) is 0 Å². The molecule has 0 fully saturated rings. The summed E-state index contributed by atoms with van der Waals surface area (Å²) >= 11 is 0. The normalized spacial score (nSPS) is 18.8. The number of benzene rings is 4. The summed E-state index contributed by atoms with van der Waals surface area (Å²) in [5.74, 6) is 1.33. The zero-order valence-corrected chi connectivity index (χ0v) is 30.2. The molecule has 0 N–H and O–H groups in total. The third kappa shape index (κ3) is 6.43. The van der Waals surface area contributed by atoms with Gasteiger partial charge in [-0.25, -0.2) is 0 Å². The monoisotopic (exact) mass is 644 g/mol. The molecule has 2 aliphatic rings. The van der Waals surface area contributed by atoms with Gasteiger partial charge in [-0.3, -0.25) is 0 Å². The van der Waals surface area contributed by atoms with Crippen LogP contribution >= 0.6 is 0 Å². The molecule has 5 aromatic rings. The lowest BCUT2D eigenvalue weighted by Crippen LogP contribution is -2.46. The van der Waals surface area contributed by atoms with Gasteiger partial charge in [0, 0.05) is 33.7 Å². The number of furan rings is 1. The quantitative estimate of drug-likeness (QED) is 0.176. The average molecular weight is 645 g/mol. The third-order valence-corrected chi connectivity index (χ3v) is 10.2. The van der Waals surface area contributed by atoms with Crippen molar-refractivity contribution in [2.75, 3.05) is 9.80 Å². The molecular formula is C46H48N2O. The molecule has 0 radical (unpaired) electrons. The lowest BCUT2D eigenvalue weighted by atomic mass is 9.88. The minimum absolute atomic E-state index is 0.245. The molecule has 0 spiro atoms. The lowest BCUT2D eigenvalue weighted by molar-refractivity contribution is 0.523. The summed E-state index contributed by atoms with van der Waals surface area (Å²) in [5.41, 5.74) is 15.8. The zero-order chi connectivity index (χ0) is 34.4. The SMILES string of the molecule is CC1=CC(C)C(N(c2ccc(C)cc2C)C2C=CC(c3cc4cc(N(c5ccc(C)cc5C)c5ccc(C)cc5C)ccc4o3)=CC2)C=C1. The number of allylic oxidation sites excluding steroid dienone is 4. The standard InChI is InChI=1S/C46H48N2O/c1-29-9-18-41(33(5)23-29)47(42-19-10-30(2)24-34(42)6)39-15-13-37(14-16-39)46-28-38-27-40(17-22-45(38)49-46)48(43-20-11-31(3)25-35(43)7)44-21-12-32(4)26-36(44)8/h9-15,17-28,33,39,41H,16H2,1-8H3. The maximum Gasteiger partial charge on any atom is 0.135 e. The Bertz CT molecular complexity index is 2120. The maximum absolute atomic E-state index is 6.52. The molecule has 3 heteroatoms. The molecule has 2 aliphatic carbocycles. The number of aryl methyl sites for hydroxylation is 6. The first-order chi connectivity index (χ1) is 23.5. The van der Waals surface area contributed by atoms with Gasteiger partial charge in [-0.05, 0) is 120 Å². The van der Waals surface area contributed by atoms with Crippen molar-refractivity contribution in [3.8, 4) is 0 Å². The van der Waals surface area contributed by atoms with Gasteiger partial charge < -0.3 is 14.2 Å². The Morgan fingerprint density at radius 2 is 1.24 bits per heavy atom. The fourth-order valence-corrected chi connectivity index (χ4v) is 7.83. The minimum atomic E-state index is 0.245. The van der Waals surface area contributed by atoms with Gasteiger partial charge in [0.2, 0.25) is 0 Å². The predicted octanol–water partition coefficient (Wildman–Crippen LogP) is 12.5. The highest BCUT2D eigenvalue weighted by Gasteiger charge is 2.30. The van der Waals surface area contributed by atoms with Crippen molar-refractivity contribution in [3.63, 3.8) is 0 Å². The summed E-state index contributed by atoms with van der Waals surface area (Å²) in [5, 5.41) is 1.10. The number of fused-ring (bicyclic) bond motifs is 1. The zero-order valence-electron chi connectivity index (χ0n) is 30.2. The molecule has 0 aliphatic heterocycles. The van der Waals surface area contributed by atoms with Crippen molar-refractivity contribution in [1.29, 1.82) is 0 Å². The highest BCUT2D eigenvalue weighted by Crippen LogP contribution is 2.41. The van der Waals surface area contributed by atoms with Crippen LogP contribution in [0.1, 0.15) is 59.4 Å². The van der Waals surface area contributed by atoms with Crippen LogP contribution in [0.15, 0.2) is 125 Å². The second-order valence-electron chi connectivity index (χ2n) is 14.4. The highest BCUT2D eigenvalue weighted by atomic mass is 16.3. The molecular weight excluding hydrogens is 597 g/mol. The van der Waals surface area contributed by atoms with Gasteiger partial charge in [-0.1, -0.05) is 102 Å². The summed E-state index contributed by atoms with van der Waals surface area (Å²) in [6.45, 7) is 17.7. The molecule has 0 saturated heterocycles. The van der Waals surface area contributed by atoms with Crippen molar-refractivity contribution < 1.29 is 4.42 Å². The van der Waals surface area contributed by atoms with E-state index in [1.54, 1.807) is 0 Å². The molecule has 4 aromatic carbocycles. The summed E-state index contributed by atoms with van der Waals surface area (Å²) in [6.07, 6.45) is 15.0. The van der Waals surface area contributed by atoms with Crippen LogP contribution in [0, 0.1) is 47.5 Å². The molecule has 3 nitrogen and oxygen atoms in total. The van der Waals surface area contributed by atoms with E-state index in [-0.39, 0.29) is 12.1 Å². The smallest absolute Gasteiger partial charge is 0.135 e. The molecule has 1 heterocycles. The van der Waals surface area contributed by atoms with E-state index in [1.165, 1.54) is 56.0 Å². The molecule has 1 aromatic heterocycles. The third-order valence-electron chi connectivity index (χ3n) is 10.2. The van der Waals surface area contributed by atoms with Crippen LogP contribution in [0.2, 0.25) is 0 Å². The Hall–Kier alpha value is -5.02. The fraction of sp³-hybridized carbons (Fsp3) is 0.261. The van der Waals surface area contributed by atoms with Crippen LogP contribution in [-0.4, -0.2) is 12.1 Å². The van der Waals surface area contributed by atoms with E-state index in [0.717, 1.165) is 34.4 Å². The van der Waals surface area contributed by atoms with E-state index in [0.29, 0.717) is 5.92 Å². The van der Waals surface area contributed by atoms with Crippen LogP contribution < -0.4 is 9.80 Å². The Labute approximate surface area is 292 Å². The molecule has 0 saturated carbocycles. The topological polar surface area (TPSA) is 19.6 Å². The van der Waals surface area contributed by atoms with E-state index in [2.05, 4.69) is 181 Å². The van der Waals surface area contributed by atoms with Gasteiger partial charge in [0.15, 0.2) is 0 Å². The number of hydrogen-bond acceptors (Lipinski definition) is 3. The summed E-state index contributed by atoms with van der Waals surface area (Å²) in [7, 11) is 0. The summed E-state index contributed by atoms with van der Waals surface area (Å²) < 4.78 is 6.52. The number of rotatable bonds is 7. The minimum Gasteiger partial charge on any atom is -0.456 e. The van der Waals surface area contributed by atoms with Gasteiger partial charge in [0.05, 0.1) is 12.1 Å². The highest BCUT2D eigenvalue weighted by molar-refractivity contribution is 5.90. The second kappa shape index (κ2) is 13.1. The Balaban J connectivity index is 1.21. The first-order valence-corrected chi connectivity index (χ1v) is 17.6. The van der Waals surface area contributed by atoms with Crippen molar-refractivity contribution in [1.82, 2.24) is 0 Å². The second-order valence-corrected chi connectivity index (χ2v) is 14.4. The van der Waals surface area contributed by atoms with Gasteiger partial charge in [-0.2, -0.15) is 0 Å². The molecule has 3 atom stereocenters. The Morgan fingerprint density at radius 3 is 1.80 bits per heavy atom. The van der Waals surface area contributed by atoms with E-state index in [4.69, 9.17) is 4.42 Å². The molecule has 0 amide bonds. The molecule has 49 heavy (non-hydrogen) atoms. The van der Waals surface area contributed by atoms with Crippen molar-refractivity contribution in [2.24, 2.45) is 5.92 Å². The summed E-state index contributed by atoms with van der Waals surface area (Å²) in [6, 6.07) is 29.6. The summed E-state index contributed by atoms with van der Waals surface area (Å²) in [4.78, 5) is 5.02. The first-order valence-electron chi connectivity index (χ1n) is 17.6. The number of anilines is 4. The maximum atomic E-state index is 6.52. The number of nitrogens with zero attached hydrogens (tertiary/aromatic N) is 2. The van der Waals surface area contributed by atoms with Crippen LogP contribution in [0.5, 0.6) is 0 Å². The van der Waals surface area contributed by atoms with Gasteiger partial charge >= 0.3 is 0 Å². The van der Waals surface area contributed by atoms with Crippen LogP contribution in [0.3, 0.4) is 0 Å². The molecule has 248 valence electrons. The number of hydrogen-bond donors (Lipinski definition) is 0.